The molecule has 0 fully saturated rings. The first-order valence-electron chi connectivity index (χ1n) is 12.2. The number of hydrogen-bond acceptors (Lipinski definition) is 5. The molecule has 5 aromatic rings. The van der Waals surface area contributed by atoms with Gasteiger partial charge in [-0.3, -0.25) is 9.51 Å². The Morgan fingerprint density at radius 1 is 1.14 bits per heavy atom. The fourth-order valence-corrected chi connectivity index (χ4v) is 5.05. The first-order chi connectivity index (χ1) is 17.9. The maximum Gasteiger partial charge on any atom is 0.439 e. The molecule has 4 heterocycles. The van der Waals surface area contributed by atoms with E-state index in [9.17, 15) is 9.18 Å². The smallest absolute Gasteiger partial charge is 0.439 e. The fraction of sp³-hybridized carbons (Fsp3) is 0.207. The fourth-order valence-electron chi connectivity index (χ4n) is 5.05. The number of imidazole rings is 1. The Morgan fingerprint density at radius 2 is 1.97 bits per heavy atom. The van der Waals surface area contributed by atoms with Crippen LogP contribution >= 0.6 is 0 Å². The molecule has 6 rings (SSSR count). The molecule has 8 heteroatoms. The van der Waals surface area contributed by atoms with Crippen LogP contribution in [-0.4, -0.2) is 19.5 Å². The zero-order valence-electron chi connectivity index (χ0n) is 20.7. The second kappa shape index (κ2) is 8.89. The largest absolute Gasteiger partial charge is 0.488 e. The predicted octanol–water partition coefficient (Wildman–Crippen LogP) is 5.74. The highest BCUT2D eigenvalue weighted by Gasteiger charge is 2.24. The number of halogens is 1. The maximum absolute atomic E-state index is 14.1. The number of rotatable bonds is 4. The summed E-state index contributed by atoms with van der Waals surface area (Å²) in [5.74, 6) is 0.0152. The van der Waals surface area contributed by atoms with E-state index in [1.807, 2.05) is 31.3 Å². The molecular formula is C29H25FN4O3. The van der Waals surface area contributed by atoms with Gasteiger partial charge >= 0.3 is 5.76 Å². The molecule has 1 aliphatic heterocycles. The van der Waals surface area contributed by atoms with Crippen LogP contribution in [0, 0.1) is 5.82 Å². The first-order valence-corrected chi connectivity index (χ1v) is 12.2. The van der Waals surface area contributed by atoms with Gasteiger partial charge in [0, 0.05) is 29.8 Å². The second-order valence-electron chi connectivity index (χ2n) is 9.57. The number of fused-ring (bicyclic) bond motifs is 3. The Labute approximate surface area is 212 Å². The number of benzene rings is 2. The topological polar surface area (TPSA) is 85.4 Å². The van der Waals surface area contributed by atoms with Crippen molar-refractivity contribution in [1.82, 2.24) is 19.5 Å². The number of H-pyrrole nitrogens is 1. The van der Waals surface area contributed by atoms with Crippen molar-refractivity contribution >= 4 is 16.8 Å². The average Bonchev–Trinajstić information content (AvgIpc) is 3.44. The number of allylic oxidation sites excluding steroid dienone is 1. The van der Waals surface area contributed by atoms with Crippen LogP contribution in [0.5, 0.6) is 5.75 Å². The maximum atomic E-state index is 14.1. The third-order valence-electron chi connectivity index (χ3n) is 6.78. The molecule has 0 unspecified atom stereocenters. The second-order valence-corrected chi connectivity index (χ2v) is 9.57. The summed E-state index contributed by atoms with van der Waals surface area (Å²) in [7, 11) is 0. The highest BCUT2D eigenvalue weighted by molar-refractivity contribution is 5.99. The number of nitrogens with one attached hydrogen (secondary N) is 1. The zero-order valence-corrected chi connectivity index (χ0v) is 20.7. The van der Waals surface area contributed by atoms with Crippen LogP contribution in [0.4, 0.5) is 4.39 Å². The molecule has 0 bridgehead atoms. The van der Waals surface area contributed by atoms with Crippen LogP contribution in [0.1, 0.15) is 66.2 Å². The van der Waals surface area contributed by atoms with E-state index in [1.165, 1.54) is 12.1 Å². The third-order valence-corrected chi connectivity index (χ3v) is 6.78. The van der Waals surface area contributed by atoms with E-state index in [4.69, 9.17) is 14.2 Å². The Hall–Kier alpha value is -4.46. The number of pyridine rings is 1. The van der Waals surface area contributed by atoms with Gasteiger partial charge in [0.05, 0.1) is 11.4 Å². The molecule has 37 heavy (non-hydrogen) atoms. The molecule has 0 aliphatic carbocycles. The summed E-state index contributed by atoms with van der Waals surface area (Å²) >= 11 is 0. The van der Waals surface area contributed by atoms with E-state index >= 15 is 0 Å². The summed E-state index contributed by atoms with van der Waals surface area (Å²) in [5.41, 5.74) is 8.37. The van der Waals surface area contributed by atoms with Crippen LogP contribution in [0.3, 0.4) is 0 Å². The Balaban J connectivity index is 1.49. The van der Waals surface area contributed by atoms with E-state index in [1.54, 1.807) is 6.07 Å². The van der Waals surface area contributed by atoms with E-state index in [0.717, 1.165) is 44.9 Å². The van der Waals surface area contributed by atoms with Gasteiger partial charge in [0.15, 0.2) is 5.82 Å². The lowest BCUT2D eigenvalue weighted by atomic mass is 9.89. The zero-order chi connectivity index (χ0) is 25.7. The highest BCUT2D eigenvalue weighted by Crippen LogP contribution is 2.41. The molecule has 0 spiro atoms. The van der Waals surface area contributed by atoms with Crippen molar-refractivity contribution in [3.63, 3.8) is 0 Å². The van der Waals surface area contributed by atoms with Crippen molar-refractivity contribution in [2.24, 2.45) is 0 Å². The summed E-state index contributed by atoms with van der Waals surface area (Å²) in [5, 5.41) is 3.88. The molecule has 0 saturated carbocycles. The minimum atomic E-state index is -0.635. The molecule has 7 nitrogen and oxygen atoms in total. The van der Waals surface area contributed by atoms with E-state index < -0.39 is 5.76 Å². The molecule has 0 saturated heterocycles. The molecule has 3 aromatic heterocycles. The minimum absolute atomic E-state index is 0.274. The molecule has 186 valence electrons. The van der Waals surface area contributed by atoms with Crippen molar-refractivity contribution < 1.29 is 13.7 Å². The molecule has 0 radical (unpaired) electrons. The lowest BCUT2D eigenvalue weighted by Gasteiger charge is -2.15. The van der Waals surface area contributed by atoms with Crippen LogP contribution in [0.15, 0.2) is 70.1 Å². The van der Waals surface area contributed by atoms with Crippen LogP contribution in [0.25, 0.3) is 16.8 Å². The van der Waals surface area contributed by atoms with Gasteiger partial charge in [-0.05, 0) is 59.4 Å². The molecule has 0 atom stereocenters. The lowest BCUT2D eigenvalue weighted by molar-refractivity contribution is 0.305. The summed E-state index contributed by atoms with van der Waals surface area (Å²) in [4.78, 5) is 19.2. The number of ether oxygens (including phenoxy) is 1. The summed E-state index contributed by atoms with van der Waals surface area (Å²) in [6.45, 7) is 6.43. The van der Waals surface area contributed by atoms with Gasteiger partial charge in [-0.15, -0.1) is 0 Å². The Kier molecular flexibility index (Phi) is 5.52. The molecule has 0 amide bonds. The molecular weight excluding hydrogens is 471 g/mol. The van der Waals surface area contributed by atoms with Gasteiger partial charge in [0.2, 0.25) is 0 Å². The quantitative estimate of drug-likeness (QED) is 0.343. The van der Waals surface area contributed by atoms with Crippen molar-refractivity contribution in [2.75, 3.05) is 0 Å². The van der Waals surface area contributed by atoms with Crippen molar-refractivity contribution in [3.8, 4) is 5.75 Å². The number of hydrogen-bond donors (Lipinski definition) is 1. The number of nitrogens with zero attached hydrogens (tertiary/aromatic N) is 3. The van der Waals surface area contributed by atoms with Crippen LogP contribution < -0.4 is 10.5 Å². The Morgan fingerprint density at radius 3 is 2.76 bits per heavy atom. The van der Waals surface area contributed by atoms with Gasteiger partial charge < -0.3 is 9.14 Å². The standard InChI is InChI=1S/C29H25FN4O3/c1-16(2)27-23(34-11-5-4-6-25(34)31-27)13-18-7-9-21-19(12-18)15-36-24-14-20(30)8-10-22(24)26(21)17(3)28-32-29(35)37-33-28/h4-12,14,16H,13,15H2,1-3H3,(H,32,33,35)/b26-17+. The summed E-state index contributed by atoms with van der Waals surface area (Å²) < 4.78 is 27.1. The molecule has 2 aromatic carbocycles. The number of aromatic nitrogens is 4. The molecule has 1 aliphatic rings. The van der Waals surface area contributed by atoms with Crippen molar-refractivity contribution in [2.45, 2.75) is 39.7 Å². The van der Waals surface area contributed by atoms with Gasteiger partial charge in [0.25, 0.3) is 0 Å². The van der Waals surface area contributed by atoms with E-state index in [-0.39, 0.29) is 18.3 Å². The highest BCUT2D eigenvalue weighted by atomic mass is 19.1. The monoisotopic (exact) mass is 496 g/mol. The minimum Gasteiger partial charge on any atom is -0.488 e. The van der Waals surface area contributed by atoms with Gasteiger partial charge in [0.1, 0.15) is 23.8 Å². The average molecular weight is 497 g/mol. The lowest BCUT2D eigenvalue weighted by Crippen LogP contribution is -2.03. The summed E-state index contributed by atoms with van der Waals surface area (Å²) in [6.07, 6.45) is 2.74. The Bertz CT molecular complexity index is 1740. The van der Waals surface area contributed by atoms with Gasteiger partial charge in [-0.1, -0.05) is 43.3 Å². The normalized spacial score (nSPS) is 14.3. The third kappa shape index (κ3) is 4.04. The van der Waals surface area contributed by atoms with Crippen molar-refractivity contribution in [3.05, 3.63) is 117 Å². The van der Waals surface area contributed by atoms with Crippen LogP contribution in [0.2, 0.25) is 0 Å². The predicted molar refractivity (Wildman–Crippen MR) is 138 cm³/mol. The van der Waals surface area contributed by atoms with E-state index in [0.29, 0.717) is 23.6 Å². The van der Waals surface area contributed by atoms with Gasteiger partial charge in [-0.25, -0.2) is 14.2 Å². The van der Waals surface area contributed by atoms with Crippen molar-refractivity contribution in [1.29, 1.82) is 0 Å². The van der Waals surface area contributed by atoms with E-state index in [2.05, 4.69) is 46.6 Å². The first kappa shape index (κ1) is 23.0. The van der Waals surface area contributed by atoms with Crippen LogP contribution in [-0.2, 0) is 13.0 Å². The SMILES string of the molecule is C/C(=C1/c2ccc(Cc3c(C(C)C)nc4ccccn34)cc2COc2cc(F)ccc21)c1noc(=O)[nH]1. The summed E-state index contributed by atoms with van der Waals surface area (Å²) in [6, 6.07) is 16.8. The number of aromatic amines is 1. The van der Waals surface area contributed by atoms with Gasteiger partial charge in [-0.2, -0.15) is 0 Å². The molecule has 1 N–H and O–H groups in total.